The highest BCUT2D eigenvalue weighted by Gasteiger charge is 2.43. The van der Waals surface area contributed by atoms with Crippen molar-refractivity contribution < 1.29 is 4.74 Å². The van der Waals surface area contributed by atoms with Gasteiger partial charge in [-0.15, -0.1) is 0 Å². The number of fused-ring (bicyclic) bond motifs is 4. The van der Waals surface area contributed by atoms with Gasteiger partial charge in [-0.05, 0) is 53.4 Å². The van der Waals surface area contributed by atoms with Crippen LogP contribution < -0.4 is 4.74 Å². The Hall–Kier alpha value is -2.52. The Balaban J connectivity index is 1.41. The highest BCUT2D eigenvalue weighted by Crippen LogP contribution is 2.47. The van der Waals surface area contributed by atoms with Crippen LogP contribution in [0.15, 0.2) is 65.8 Å². The maximum absolute atomic E-state index is 6.55. The average Bonchev–Trinajstić information content (AvgIpc) is 3.25. The lowest BCUT2D eigenvalue weighted by Crippen LogP contribution is -2.45. The molecule has 0 amide bonds. The second-order valence-corrected chi connectivity index (χ2v) is 9.23. The van der Waals surface area contributed by atoms with Gasteiger partial charge in [-0.2, -0.15) is 5.10 Å². The number of rotatable bonds is 2. The van der Waals surface area contributed by atoms with E-state index < -0.39 is 0 Å². The van der Waals surface area contributed by atoms with Crippen molar-refractivity contribution >= 4 is 28.1 Å². The minimum Gasteiger partial charge on any atom is -0.468 e. The van der Waals surface area contributed by atoms with Crippen LogP contribution in [-0.2, 0) is 0 Å². The van der Waals surface area contributed by atoms with Crippen molar-refractivity contribution in [2.24, 2.45) is 11.0 Å². The molecule has 4 heteroatoms. The second-order valence-electron chi connectivity index (χ2n) is 8.80. The molecule has 0 N–H and O–H groups in total. The molecule has 3 aromatic rings. The first-order chi connectivity index (χ1) is 14.8. The number of hydrogen-bond donors (Lipinski definition) is 0. The minimum absolute atomic E-state index is 0.0157. The number of hydrogen-bond acceptors (Lipinski definition) is 3. The molecular weight excluding hydrogens is 392 g/mol. The molecular formula is C26H25ClN2O. The quantitative estimate of drug-likeness (QED) is 0.451. The third-order valence-electron chi connectivity index (χ3n) is 6.92. The van der Waals surface area contributed by atoms with Crippen LogP contribution in [0.4, 0.5) is 0 Å². The smallest absolute Gasteiger partial charge is 0.190 e. The van der Waals surface area contributed by atoms with Crippen molar-refractivity contribution in [1.82, 2.24) is 5.01 Å². The fourth-order valence-electron chi connectivity index (χ4n) is 5.36. The fourth-order valence-corrected chi connectivity index (χ4v) is 5.54. The molecule has 6 rings (SSSR count). The van der Waals surface area contributed by atoms with Crippen LogP contribution in [0.5, 0.6) is 5.75 Å². The van der Waals surface area contributed by atoms with E-state index in [1.165, 1.54) is 48.4 Å². The molecule has 3 aliphatic rings. The van der Waals surface area contributed by atoms with Gasteiger partial charge in [-0.3, -0.25) is 0 Å². The maximum atomic E-state index is 6.55. The molecule has 2 aliphatic heterocycles. The summed E-state index contributed by atoms with van der Waals surface area (Å²) in [6.45, 7) is 0. The average molecular weight is 417 g/mol. The summed E-state index contributed by atoms with van der Waals surface area (Å²) in [4.78, 5) is 0. The normalized spacial score (nSPS) is 23.6. The summed E-state index contributed by atoms with van der Waals surface area (Å²) in [5.74, 6) is 1.51. The summed E-state index contributed by atoms with van der Waals surface area (Å²) < 4.78 is 6.55. The van der Waals surface area contributed by atoms with Gasteiger partial charge in [-0.1, -0.05) is 67.3 Å². The number of halogens is 1. The predicted octanol–water partition coefficient (Wildman–Crippen LogP) is 6.94. The standard InChI is InChI=1S/C26H25ClN2O/c27-21-12-13-25-22(15-21)24-16-23(20-11-10-17-6-4-5-9-19(17)14-20)28-29(24)26(30-25)18-7-2-1-3-8-18/h4-6,9-15,18,24,26H,1-3,7-8,16H2/t24-,26-/m0/s1. The first-order valence-electron chi connectivity index (χ1n) is 11.1. The summed E-state index contributed by atoms with van der Waals surface area (Å²) in [5, 5.41) is 10.7. The molecule has 1 saturated carbocycles. The molecule has 1 aliphatic carbocycles. The van der Waals surface area contributed by atoms with Gasteiger partial charge in [0.1, 0.15) is 5.75 Å². The van der Waals surface area contributed by atoms with Gasteiger partial charge < -0.3 is 4.74 Å². The molecule has 0 aromatic heterocycles. The van der Waals surface area contributed by atoms with E-state index in [0.717, 1.165) is 28.5 Å². The minimum atomic E-state index is 0.0157. The summed E-state index contributed by atoms with van der Waals surface area (Å²) >= 11 is 6.36. The largest absolute Gasteiger partial charge is 0.468 e. The van der Waals surface area contributed by atoms with Gasteiger partial charge in [0.25, 0.3) is 0 Å². The van der Waals surface area contributed by atoms with Gasteiger partial charge in [0.05, 0.1) is 11.8 Å². The molecule has 30 heavy (non-hydrogen) atoms. The van der Waals surface area contributed by atoms with Crippen LogP contribution in [0.25, 0.3) is 10.8 Å². The monoisotopic (exact) mass is 416 g/mol. The Morgan fingerprint density at radius 3 is 2.60 bits per heavy atom. The molecule has 0 radical (unpaired) electrons. The van der Waals surface area contributed by atoms with Crippen LogP contribution >= 0.6 is 11.6 Å². The molecule has 1 fully saturated rings. The Kier molecular flexibility index (Phi) is 4.45. The number of hydrazone groups is 1. The lowest BCUT2D eigenvalue weighted by Gasteiger charge is -2.42. The SMILES string of the molecule is Clc1ccc2c(c1)[C@@H]1CC(c3ccc4ccccc4c3)=NN1[C@H](C1CCCCC1)O2. The van der Waals surface area contributed by atoms with E-state index >= 15 is 0 Å². The van der Waals surface area contributed by atoms with Crippen LogP contribution in [0.3, 0.4) is 0 Å². The summed E-state index contributed by atoms with van der Waals surface area (Å²) in [6.07, 6.45) is 7.26. The fraction of sp³-hybridized carbons (Fsp3) is 0.346. The van der Waals surface area contributed by atoms with Gasteiger partial charge in [0, 0.05) is 22.9 Å². The Labute approximate surface area is 182 Å². The molecule has 0 bridgehead atoms. The van der Waals surface area contributed by atoms with Crippen LogP contribution in [0.1, 0.15) is 55.7 Å². The maximum Gasteiger partial charge on any atom is 0.190 e. The number of benzene rings is 3. The summed E-state index contributed by atoms with van der Waals surface area (Å²) in [7, 11) is 0. The molecule has 0 saturated heterocycles. The van der Waals surface area contributed by atoms with E-state index in [4.69, 9.17) is 21.4 Å². The molecule has 2 heterocycles. The van der Waals surface area contributed by atoms with Crippen molar-refractivity contribution in [2.75, 3.05) is 0 Å². The molecule has 0 unspecified atom stereocenters. The van der Waals surface area contributed by atoms with E-state index in [1.54, 1.807) is 0 Å². The first kappa shape index (κ1) is 18.3. The van der Waals surface area contributed by atoms with E-state index in [1.807, 2.05) is 12.1 Å². The van der Waals surface area contributed by atoms with Crippen LogP contribution in [-0.4, -0.2) is 16.9 Å². The molecule has 152 valence electrons. The molecule has 3 nitrogen and oxygen atoms in total. The van der Waals surface area contributed by atoms with Gasteiger partial charge in [0.15, 0.2) is 6.23 Å². The Morgan fingerprint density at radius 1 is 0.900 bits per heavy atom. The van der Waals surface area contributed by atoms with Crippen LogP contribution in [0, 0.1) is 5.92 Å². The van der Waals surface area contributed by atoms with Gasteiger partial charge in [0.2, 0.25) is 0 Å². The zero-order chi connectivity index (χ0) is 20.1. The number of nitrogens with zero attached hydrogens (tertiary/aromatic N) is 2. The van der Waals surface area contributed by atoms with E-state index in [9.17, 15) is 0 Å². The Bertz CT molecular complexity index is 1130. The first-order valence-corrected chi connectivity index (χ1v) is 11.5. The van der Waals surface area contributed by atoms with Crippen LogP contribution in [0.2, 0.25) is 5.02 Å². The molecule has 2 atom stereocenters. The van der Waals surface area contributed by atoms with Crippen molar-refractivity contribution in [2.45, 2.75) is 50.8 Å². The predicted molar refractivity (Wildman–Crippen MR) is 122 cm³/mol. The summed E-state index contributed by atoms with van der Waals surface area (Å²) in [6, 6.07) is 21.4. The van der Waals surface area contributed by atoms with Crippen molar-refractivity contribution in [3.05, 3.63) is 76.8 Å². The highest BCUT2D eigenvalue weighted by atomic mass is 35.5. The summed E-state index contributed by atoms with van der Waals surface area (Å²) in [5.41, 5.74) is 3.51. The third-order valence-corrected chi connectivity index (χ3v) is 7.15. The van der Waals surface area contributed by atoms with E-state index in [2.05, 4.69) is 53.5 Å². The Morgan fingerprint density at radius 2 is 1.73 bits per heavy atom. The van der Waals surface area contributed by atoms with Crippen molar-refractivity contribution in [1.29, 1.82) is 0 Å². The van der Waals surface area contributed by atoms with Crippen molar-refractivity contribution in [3.63, 3.8) is 0 Å². The highest BCUT2D eigenvalue weighted by molar-refractivity contribution is 6.30. The second kappa shape index (κ2) is 7.31. The molecule has 3 aromatic carbocycles. The topological polar surface area (TPSA) is 24.8 Å². The van der Waals surface area contributed by atoms with Crippen molar-refractivity contribution in [3.8, 4) is 5.75 Å². The lowest BCUT2D eigenvalue weighted by atomic mass is 9.86. The van der Waals surface area contributed by atoms with Gasteiger partial charge >= 0.3 is 0 Å². The van der Waals surface area contributed by atoms with E-state index in [-0.39, 0.29) is 12.3 Å². The van der Waals surface area contributed by atoms with E-state index in [0.29, 0.717) is 5.92 Å². The number of ether oxygens (including phenoxy) is 1. The lowest BCUT2D eigenvalue weighted by molar-refractivity contribution is -0.0643. The zero-order valence-electron chi connectivity index (χ0n) is 16.9. The van der Waals surface area contributed by atoms with Gasteiger partial charge in [-0.25, -0.2) is 5.01 Å². The molecule has 0 spiro atoms. The zero-order valence-corrected chi connectivity index (χ0v) is 17.7. The third kappa shape index (κ3) is 3.07.